The number of fused-ring (bicyclic) bond motifs is 4. The molecular weight excluding hydrogens is 308 g/mol. The van der Waals surface area contributed by atoms with Gasteiger partial charge in [-0.1, -0.05) is 72.8 Å². The average Bonchev–Trinajstić information content (AvgIpc) is 2.98. The lowest BCUT2D eigenvalue weighted by Crippen LogP contribution is -1.82. The molecule has 114 valence electrons. The predicted molar refractivity (Wildman–Crippen MR) is 107 cm³/mol. The van der Waals surface area contributed by atoms with Crippen molar-refractivity contribution < 1.29 is 0 Å². The quantitative estimate of drug-likeness (QED) is 0.286. The molecule has 1 heterocycles. The molecule has 1 aromatic heterocycles. The Morgan fingerprint density at radius 2 is 1.17 bits per heavy atom. The summed E-state index contributed by atoms with van der Waals surface area (Å²) in [6.45, 7) is 2.22. The molecule has 5 aromatic rings. The van der Waals surface area contributed by atoms with Crippen LogP contribution in [0.25, 0.3) is 42.8 Å². The molecule has 1 heteroatoms. The van der Waals surface area contributed by atoms with Crippen molar-refractivity contribution in [3.63, 3.8) is 0 Å². The molecule has 0 aliphatic carbocycles. The van der Waals surface area contributed by atoms with Crippen LogP contribution in [0, 0.1) is 6.92 Å². The standard InChI is InChI=1S/C23H16S/c1-15-17-9-4-7-13-21(17)23(24-15)22-14-16-8-2-3-10-18(16)19-11-5-6-12-20(19)22/h2-14H,1H3. The fourth-order valence-corrected chi connectivity index (χ4v) is 4.85. The average molecular weight is 324 g/mol. The van der Waals surface area contributed by atoms with Crippen LogP contribution in [-0.2, 0) is 0 Å². The highest BCUT2D eigenvalue weighted by molar-refractivity contribution is 7.17. The first-order valence-electron chi connectivity index (χ1n) is 8.22. The molecule has 0 aliphatic rings. The van der Waals surface area contributed by atoms with Gasteiger partial charge in [-0.15, -0.1) is 11.3 Å². The SMILES string of the molecule is Cc1sc(-c2cc3ccccc3c3ccccc23)c2ccccc12. The monoisotopic (exact) mass is 324 g/mol. The largest absolute Gasteiger partial charge is 0.139 e. The molecule has 0 aliphatic heterocycles. The van der Waals surface area contributed by atoms with E-state index in [0.717, 1.165) is 0 Å². The molecule has 5 rings (SSSR count). The molecule has 0 unspecified atom stereocenters. The van der Waals surface area contributed by atoms with E-state index < -0.39 is 0 Å². The maximum atomic E-state index is 2.36. The lowest BCUT2D eigenvalue weighted by molar-refractivity contribution is 1.68. The lowest BCUT2D eigenvalue weighted by atomic mass is 9.95. The van der Waals surface area contributed by atoms with Crippen molar-refractivity contribution in [2.75, 3.05) is 0 Å². The molecule has 24 heavy (non-hydrogen) atoms. The van der Waals surface area contributed by atoms with Crippen LogP contribution in [0.15, 0.2) is 78.9 Å². The smallest absolute Gasteiger partial charge is 0.0430 e. The third kappa shape index (κ3) is 1.92. The van der Waals surface area contributed by atoms with E-state index in [1.807, 2.05) is 11.3 Å². The number of rotatable bonds is 1. The maximum absolute atomic E-state index is 2.36. The maximum Gasteiger partial charge on any atom is 0.0430 e. The van der Waals surface area contributed by atoms with Crippen LogP contribution in [0.1, 0.15) is 4.88 Å². The molecule has 0 spiro atoms. The van der Waals surface area contributed by atoms with Crippen molar-refractivity contribution >= 4 is 43.7 Å². The van der Waals surface area contributed by atoms with Gasteiger partial charge in [0.1, 0.15) is 0 Å². The van der Waals surface area contributed by atoms with E-state index in [0.29, 0.717) is 0 Å². The first-order chi connectivity index (χ1) is 11.8. The van der Waals surface area contributed by atoms with E-state index >= 15 is 0 Å². The molecule has 4 aromatic carbocycles. The van der Waals surface area contributed by atoms with E-state index in [-0.39, 0.29) is 0 Å². The minimum Gasteiger partial charge on any atom is -0.139 e. The minimum absolute atomic E-state index is 1.31. The first kappa shape index (κ1) is 13.8. The zero-order valence-corrected chi connectivity index (χ0v) is 14.2. The summed E-state index contributed by atoms with van der Waals surface area (Å²) in [6, 6.07) is 28.6. The summed E-state index contributed by atoms with van der Waals surface area (Å²) in [5, 5.41) is 8.04. The van der Waals surface area contributed by atoms with Gasteiger partial charge >= 0.3 is 0 Å². The topological polar surface area (TPSA) is 0 Å². The third-order valence-corrected chi connectivity index (χ3v) is 5.99. The second-order valence-electron chi connectivity index (χ2n) is 6.22. The van der Waals surface area contributed by atoms with Crippen LogP contribution < -0.4 is 0 Å². The van der Waals surface area contributed by atoms with Crippen LogP contribution in [0.2, 0.25) is 0 Å². The highest BCUT2D eigenvalue weighted by Crippen LogP contribution is 2.43. The van der Waals surface area contributed by atoms with Crippen molar-refractivity contribution in [1.82, 2.24) is 0 Å². The summed E-state index contributed by atoms with van der Waals surface area (Å²) >= 11 is 1.90. The molecule has 0 nitrogen and oxygen atoms in total. The molecule has 0 bridgehead atoms. The molecule has 0 fully saturated rings. The molecule has 0 saturated heterocycles. The molecule has 0 amide bonds. The zero-order chi connectivity index (χ0) is 16.1. The Balaban J connectivity index is 1.98. The summed E-state index contributed by atoms with van der Waals surface area (Å²) in [5.74, 6) is 0. The highest BCUT2D eigenvalue weighted by atomic mass is 32.1. The van der Waals surface area contributed by atoms with Gasteiger partial charge < -0.3 is 0 Å². The fraction of sp³-hybridized carbons (Fsp3) is 0.0435. The highest BCUT2D eigenvalue weighted by Gasteiger charge is 2.14. The number of hydrogen-bond acceptors (Lipinski definition) is 1. The van der Waals surface area contributed by atoms with Crippen molar-refractivity contribution in [3.8, 4) is 10.4 Å². The Bertz CT molecular complexity index is 1210. The molecule has 0 radical (unpaired) electrons. The van der Waals surface area contributed by atoms with Gasteiger partial charge in [-0.05, 0) is 39.9 Å². The predicted octanol–water partition coefficient (Wildman–Crippen LogP) is 7.18. The summed E-state index contributed by atoms with van der Waals surface area (Å²) in [4.78, 5) is 2.77. The lowest BCUT2D eigenvalue weighted by Gasteiger charge is -2.10. The van der Waals surface area contributed by atoms with E-state index in [1.54, 1.807) is 0 Å². The van der Waals surface area contributed by atoms with Gasteiger partial charge in [-0.2, -0.15) is 0 Å². The summed E-state index contributed by atoms with van der Waals surface area (Å²) < 4.78 is 0. The Morgan fingerprint density at radius 1 is 0.583 bits per heavy atom. The second kappa shape index (κ2) is 5.19. The van der Waals surface area contributed by atoms with Crippen molar-refractivity contribution in [1.29, 1.82) is 0 Å². The van der Waals surface area contributed by atoms with Gasteiger partial charge in [0.15, 0.2) is 0 Å². The van der Waals surface area contributed by atoms with Gasteiger partial charge in [0.05, 0.1) is 0 Å². The molecular formula is C23H16S. The summed E-state index contributed by atoms with van der Waals surface area (Å²) in [5.41, 5.74) is 1.35. The Hall–Kier alpha value is -2.64. The first-order valence-corrected chi connectivity index (χ1v) is 9.03. The molecule has 0 atom stereocenters. The van der Waals surface area contributed by atoms with Gasteiger partial charge in [-0.3, -0.25) is 0 Å². The Kier molecular flexibility index (Phi) is 2.97. The molecule has 0 saturated carbocycles. The Morgan fingerprint density at radius 3 is 1.96 bits per heavy atom. The summed E-state index contributed by atoms with van der Waals surface area (Å²) in [6.07, 6.45) is 0. The third-order valence-electron chi connectivity index (χ3n) is 4.82. The van der Waals surface area contributed by atoms with Crippen molar-refractivity contribution in [3.05, 3.63) is 83.7 Å². The van der Waals surface area contributed by atoms with E-state index in [2.05, 4.69) is 85.8 Å². The summed E-state index contributed by atoms with van der Waals surface area (Å²) in [7, 11) is 0. The molecule has 0 N–H and O–H groups in total. The van der Waals surface area contributed by atoms with E-state index in [1.165, 1.54) is 47.6 Å². The number of hydrogen-bond donors (Lipinski definition) is 0. The van der Waals surface area contributed by atoms with Crippen LogP contribution in [-0.4, -0.2) is 0 Å². The number of thiophene rings is 1. The number of benzene rings is 4. The fourth-order valence-electron chi connectivity index (χ4n) is 3.69. The van der Waals surface area contributed by atoms with E-state index in [4.69, 9.17) is 0 Å². The number of aryl methyl sites for hydroxylation is 1. The van der Waals surface area contributed by atoms with Gasteiger partial charge in [0.25, 0.3) is 0 Å². The van der Waals surface area contributed by atoms with Gasteiger partial charge in [-0.25, -0.2) is 0 Å². The zero-order valence-electron chi connectivity index (χ0n) is 13.4. The minimum atomic E-state index is 1.31. The second-order valence-corrected chi connectivity index (χ2v) is 7.45. The van der Waals surface area contributed by atoms with Crippen molar-refractivity contribution in [2.45, 2.75) is 6.92 Å². The Labute approximate surface area is 145 Å². The van der Waals surface area contributed by atoms with Crippen LogP contribution in [0.4, 0.5) is 0 Å². The normalized spacial score (nSPS) is 11.5. The van der Waals surface area contributed by atoms with Crippen LogP contribution >= 0.6 is 11.3 Å². The van der Waals surface area contributed by atoms with E-state index in [9.17, 15) is 0 Å². The van der Waals surface area contributed by atoms with Crippen LogP contribution in [0.3, 0.4) is 0 Å². The van der Waals surface area contributed by atoms with Crippen LogP contribution in [0.5, 0.6) is 0 Å². The van der Waals surface area contributed by atoms with Gasteiger partial charge in [0.2, 0.25) is 0 Å². The van der Waals surface area contributed by atoms with Gasteiger partial charge in [0, 0.05) is 20.7 Å². The van der Waals surface area contributed by atoms with Crippen molar-refractivity contribution in [2.24, 2.45) is 0 Å².